The van der Waals surface area contributed by atoms with Crippen molar-refractivity contribution in [1.29, 1.82) is 0 Å². The zero-order valence-corrected chi connectivity index (χ0v) is 13.0. The predicted octanol–water partition coefficient (Wildman–Crippen LogP) is 3.99. The topological polar surface area (TPSA) is 66.5 Å². The van der Waals surface area contributed by atoms with Crippen molar-refractivity contribution in [3.8, 4) is 11.1 Å². The molecule has 0 unspecified atom stereocenters. The van der Waals surface area contributed by atoms with E-state index in [4.69, 9.17) is 0 Å². The number of fused-ring (bicyclic) bond motifs is 2. The summed E-state index contributed by atoms with van der Waals surface area (Å²) in [6, 6.07) is 10.6. The zero-order valence-electron chi connectivity index (χ0n) is 13.0. The number of pyridine rings is 1. The van der Waals surface area contributed by atoms with Gasteiger partial charge in [-0.15, -0.1) is 0 Å². The number of H-pyrrole nitrogens is 1. The van der Waals surface area contributed by atoms with Gasteiger partial charge in [0.15, 0.2) is 0 Å². The van der Waals surface area contributed by atoms with Crippen molar-refractivity contribution in [2.45, 2.75) is 19.9 Å². The van der Waals surface area contributed by atoms with Gasteiger partial charge < -0.3 is 10.3 Å². The quantitative estimate of drug-likeness (QED) is 0.600. The molecular weight excluding hydrogens is 286 g/mol. The molecule has 0 spiro atoms. The van der Waals surface area contributed by atoms with Crippen LogP contribution in [-0.2, 0) is 0 Å². The summed E-state index contributed by atoms with van der Waals surface area (Å²) in [6.07, 6.45) is 5.66. The Kier molecular flexibility index (Phi) is 3.19. The summed E-state index contributed by atoms with van der Waals surface area (Å²) in [5.41, 5.74) is 4.06. The van der Waals surface area contributed by atoms with Crippen molar-refractivity contribution >= 4 is 27.9 Å². The van der Waals surface area contributed by atoms with Gasteiger partial charge in [0, 0.05) is 41.0 Å². The first kappa shape index (κ1) is 13.7. The van der Waals surface area contributed by atoms with Crippen molar-refractivity contribution in [3.63, 3.8) is 0 Å². The van der Waals surface area contributed by atoms with Crippen LogP contribution < -0.4 is 5.32 Å². The average Bonchev–Trinajstić information content (AvgIpc) is 2.97. The normalized spacial score (nSPS) is 11.4. The molecule has 5 nitrogen and oxygen atoms in total. The minimum Gasteiger partial charge on any atom is -0.352 e. The molecule has 3 aromatic heterocycles. The fourth-order valence-corrected chi connectivity index (χ4v) is 2.72. The van der Waals surface area contributed by atoms with E-state index in [-0.39, 0.29) is 0 Å². The number of benzene rings is 1. The third-order valence-electron chi connectivity index (χ3n) is 3.76. The van der Waals surface area contributed by atoms with Gasteiger partial charge in [0.05, 0.1) is 5.52 Å². The monoisotopic (exact) mass is 303 g/mol. The van der Waals surface area contributed by atoms with Crippen LogP contribution in [0, 0.1) is 0 Å². The van der Waals surface area contributed by atoms with Crippen molar-refractivity contribution in [2.75, 3.05) is 5.32 Å². The van der Waals surface area contributed by atoms with Crippen LogP contribution in [0.1, 0.15) is 13.8 Å². The lowest BCUT2D eigenvalue weighted by Gasteiger charge is -2.07. The summed E-state index contributed by atoms with van der Waals surface area (Å²) in [7, 11) is 0. The summed E-state index contributed by atoms with van der Waals surface area (Å²) < 4.78 is 0. The van der Waals surface area contributed by atoms with Crippen molar-refractivity contribution in [2.24, 2.45) is 0 Å². The lowest BCUT2D eigenvalue weighted by atomic mass is 10.0. The van der Waals surface area contributed by atoms with Crippen LogP contribution in [0.3, 0.4) is 0 Å². The van der Waals surface area contributed by atoms with Crippen LogP contribution in [0.25, 0.3) is 33.1 Å². The Hall–Kier alpha value is -2.95. The Morgan fingerprint density at radius 1 is 1.13 bits per heavy atom. The zero-order chi connectivity index (χ0) is 15.8. The number of aromatic nitrogens is 4. The Morgan fingerprint density at radius 2 is 2.04 bits per heavy atom. The standard InChI is InChI=1S/C18H17N5/c1-11(2)22-18-21-10-15-14(9-20-17(15)23-18)12-5-6-16-13(8-12)4-3-7-19-16/h3-11H,1-2H3,(H2,20,21,22,23). The summed E-state index contributed by atoms with van der Waals surface area (Å²) in [4.78, 5) is 16.6. The maximum Gasteiger partial charge on any atom is 0.224 e. The molecule has 2 N–H and O–H groups in total. The highest BCUT2D eigenvalue weighted by atomic mass is 15.1. The molecule has 4 aromatic rings. The van der Waals surface area contributed by atoms with Gasteiger partial charge in [-0.05, 0) is 37.6 Å². The first-order chi connectivity index (χ1) is 11.2. The first-order valence-electron chi connectivity index (χ1n) is 7.66. The molecule has 0 saturated heterocycles. The van der Waals surface area contributed by atoms with Crippen LogP contribution >= 0.6 is 0 Å². The van der Waals surface area contributed by atoms with Gasteiger partial charge in [-0.25, -0.2) is 4.98 Å². The summed E-state index contributed by atoms with van der Waals surface area (Å²) in [6.45, 7) is 4.13. The van der Waals surface area contributed by atoms with Crippen molar-refractivity contribution in [1.82, 2.24) is 19.9 Å². The number of anilines is 1. The number of nitrogens with zero attached hydrogens (tertiary/aromatic N) is 3. The number of nitrogens with one attached hydrogen (secondary N) is 2. The molecule has 0 fully saturated rings. The second-order valence-corrected chi connectivity index (χ2v) is 5.87. The van der Waals surface area contributed by atoms with Crippen LogP contribution in [0.15, 0.2) is 48.9 Å². The number of rotatable bonds is 3. The maximum atomic E-state index is 4.53. The van der Waals surface area contributed by atoms with Gasteiger partial charge in [-0.3, -0.25) is 4.98 Å². The molecule has 0 amide bonds. The van der Waals surface area contributed by atoms with Crippen LogP contribution in [0.5, 0.6) is 0 Å². The summed E-state index contributed by atoms with van der Waals surface area (Å²) >= 11 is 0. The fourth-order valence-electron chi connectivity index (χ4n) is 2.72. The number of aromatic amines is 1. The number of hydrogen-bond acceptors (Lipinski definition) is 4. The van der Waals surface area contributed by atoms with E-state index >= 15 is 0 Å². The highest BCUT2D eigenvalue weighted by Gasteiger charge is 2.10. The molecule has 4 rings (SSSR count). The summed E-state index contributed by atoms with van der Waals surface area (Å²) in [5.74, 6) is 0.642. The molecule has 0 atom stereocenters. The van der Waals surface area contributed by atoms with Crippen molar-refractivity contribution in [3.05, 3.63) is 48.9 Å². The van der Waals surface area contributed by atoms with Gasteiger partial charge in [-0.2, -0.15) is 4.98 Å². The molecule has 114 valence electrons. The van der Waals surface area contributed by atoms with Gasteiger partial charge in [0.1, 0.15) is 5.65 Å². The summed E-state index contributed by atoms with van der Waals surface area (Å²) in [5, 5.41) is 5.36. The fraction of sp³-hybridized carbons (Fsp3) is 0.167. The van der Waals surface area contributed by atoms with E-state index < -0.39 is 0 Å². The first-order valence-corrected chi connectivity index (χ1v) is 7.66. The van der Waals surface area contributed by atoms with E-state index in [1.807, 2.05) is 30.7 Å². The van der Waals surface area contributed by atoms with Crippen LogP contribution in [0.4, 0.5) is 5.95 Å². The molecule has 0 radical (unpaired) electrons. The second kappa shape index (κ2) is 5.35. The van der Waals surface area contributed by atoms with Crippen LogP contribution in [0.2, 0.25) is 0 Å². The highest BCUT2D eigenvalue weighted by molar-refractivity contribution is 5.96. The Morgan fingerprint density at radius 3 is 2.91 bits per heavy atom. The Bertz CT molecular complexity index is 987. The van der Waals surface area contributed by atoms with Gasteiger partial charge in [0.2, 0.25) is 5.95 Å². The van der Waals surface area contributed by atoms with E-state index in [0.29, 0.717) is 12.0 Å². The van der Waals surface area contributed by atoms with Crippen LogP contribution in [-0.4, -0.2) is 26.0 Å². The molecule has 5 heteroatoms. The largest absolute Gasteiger partial charge is 0.352 e. The molecular formula is C18H17N5. The molecule has 3 heterocycles. The molecule has 23 heavy (non-hydrogen) atoms. The van der Waals surface area contributed by atoms with E-state index in [1.54, 1.807) is 0 Å². The highest BCUT2D eigenvalue weighted by Crippen LogP contribution is 2.29. The van der Waals surface area contributed by atoms with Gasteiger partial charge in [-0.1, -0.05) is 12.1 Å². The lowest BCUT2D eigenvalue weighted by molar-refractivity contribution is 0.877. The predicted molar refractivity (Wildman–Crippen MR) is 93.4 cm³/mol. The van der Waals surface area contributed by atoms with E-state index in [1.165, 1.54) is 0 Å². The molecule has 0 saturated carbocycles. The van der Waals surface area contributed by atoms with Gasteiger partial charge in [0.25, 0.3) is 0 Å². The third kappa shape index (κ3) is 2.50. The molecule has 0 aliphatic heterocycles. The SMILES string of the molecule is CC(C)Nc1ncc2c(-c3ccc4ncccc4c3)c[nH]c2n1. The molecule has 0 aliphatic carbocycles. The Labute approximate surface area is 133 Å². The smallest absolute Gasteiger partial charge is 0.224 e. The minimum atomic E-state index is 0.301. The second-order valence-electron chi connectivity index (χ2n) is 5.87. The average molecular weight is 303 g/mol. The Balaban J connectivity index is 1.81. The van der Waals surface area contributed by atoms with Crippen molar-refractivity contribution < 1.29 is 0 Å². The maximum absolute atomic E-state index is 4.53. The molecule has 0 bridgehead atoms. The lowest BCUT2D eigenvalue weighted by Crippen LogP contribution is -2.12. The minimum absolute atomic E-state index is 0.301. The molecule has 1 aromatic carbocycles. The van der Waals surface area contributed by atoms with Gasteiger partial charge >= 0.3 is 0 Å². The molecule has 0 aliphatic rings. The van der Waals surface area contributed by atoms with E-state index in [0.717, 1.165) is 33.1 Å². The van der Waals surface area contributed by atoms with E-state index in [9.17, 15) is 0 Å². The third-order valence-corrected chi connectivity index (χ3v) is 3.76. The number of hydrogen-bond donors (Lipinski definition) is 2. The van der Waals surface area contributed by atoms with E-state index in [2.05, 4.69) is 57.3 Å².